The number of allylic oxidation sites excluding steroid dienone is 1. The predicted molar refractivity (Wildman–Crippen MR) is 51.9 cm³/mol. The van der Waals surface area contributed by atoms with E-state index in [1.165, 1.54) is 0 Å². The molecule has 0 aromatic rings. The summed E-state index contributed by atoms with van der Waals surface area (Å²) in [5.41, 5.74) is -0.622. The number of aliphatic hydroxyl groups is 1. The van der Waals surface area contributed by atoms with Crippen molar-refractivity contribution in [1.82, 2.24) is 0 Å². The maximum absolute atomic E-state index is 10.2. The molecule has 12 heavy (non-hydrogen) atoms. The lowest BCUT2D eigenvalue weighted by Gasteiger charge is -2.41. The first-order chi connectivity index (χ1) is 5.35. The van der Waals surface area contributed by atoms with Crippen molar-refractivity contribution in [2.45, 2.75) is 46.1 Å². The molecule has 0 fully saturated rings. The summed E-state index contributed by atoms with van der Waals surface area (Å²) in [6, 6.07) is 0. The van der Waals surface area contributed by atoms with Crippen LogP contribution < -0.4 is 0 Å². The molecule has 70 valence electrons. The van der Waals surface area contributed by atoms with Gasteiger partial charge in [-0.3, -0.25) is 0 Å². The van der Waals surface area contributed by atoms with Crippen molar-refractivity contribution in [2.24, 2.45) is 11.3 Å². The summed E-state index contributed by atoms with van der Waals surface area (Å²) in [6.07, 6.45) is 6.12. The van der Waals surface area contributed by atoms with E-state index < -0.39 is 5.60 Å². The van der Waals surface area contributed by atoms with Crippen molar-refractivity contribution in [2.75, 3.05) is 0 Å². The summed E-state index contributed by atoms with van der Waals surface area (Å²) in [5.74, 6) is 0.632. The summed E-state index contributed by atoms with van der Waals surface area (Å²) in [4.78, 5) is 0. The summed E-state index contributed by atoms with van der Waals surface area (Å²) in [7, 11) is 0. The van der Waals surface area contributed by atoms with Gasteiger partial charge in [-0.25, -0.2) is 0 Å². The molecule has 1 nitrogen and oxygen atoms in total. The van der Waals surface area contributed by atoms with Gasteiger partial charge < -0.3 is 5.11 Å². The molecular weight excluding hydrogens is 148 g/mol. The van der Waals surface area contributed by atoms with Crippen LogP contribution in [0.5, 0.6) is 0 Å². The van der Waals surface area contributed by atoms with Crippen molar-refractivity contribution < 1.29 is 5.11 Å². The van der Waals surface area contributed by atoms with Gasteiger partial charge in [0.1, 0.15) is 0 Å². The van der Waals surface area contributed by atoms with E-state index in [9.17, 15) is 5.11 Å². The first-order valence-corrected chi connectivity index (χ1v) is 4.77. The molecule has 1 rings (SSSR count). The third-order valence-corrected chi connectivity index (χ3v) is 2.98. The van der Waals surface area contributed by atoms with Gasteiger partial charge in [0.25, 0.3) is 0 Å². The van der Waals surface area contributed by atoms with Gasteiger partial charge >= 0.3 is 0 Å². The summed E-state index contributed by atoms with van der Waals surface area (Å²) >= 11 is 0. The number of hydrogen-bond donors (Lipinski definition) is 1. The molecule has 2 unspecified atom stereocenters. The van der Waals surface area contributed by atoms with Crippen molar-refractivity contribution in [3.63, 3.8) is 0 Å². The standard InChI is InChI=1S/C11H20O/c1-9-5-7-11(12,8-6-9)10(2,3)4/h5,7,9,12H,6,8H2,1-4H3. The highest BCUT2D eigenvalue weighted by molar-refractivity contribution is 5.11. The van der Waals surface area contributed by atoms with Crippen LogP contribution in [0.4, 0.5) is 0 Å². The molecular formula is C11H20O. The molecule has 0 aliphatic heterocycles. The molecule has 0 heterocycles. The Kier molecular flexibility index (Phi) is 2.35. The van der Waals surface area contributed by atoms with Gasteiger partial charge in [-0.1, -0.05) is 39.8 Å². The van der Waals surface area contributed by atoms with E-state index in [1.807, 2.05) is 6.08 Å². The Morgan fingerprint density at radius 1 is 1.42 bits per heavy atom. The summed E-state index contributed by atoms with van der Waals surface area (Å²) in [6.45, 7) is 8.46. The number of hydrogen-bond acceptors (Lipinski definition) is 1. The Labute approximate surface area is 75.5 Å². The van der Waals surface area contributed by atoms with E-state index in [1.54, 1.807) is 0 Å². The molecule has 1 N–H and O–H groups in total. The SMILES string of the molecule is CC1C=CC(O)(C(C)(C)C)CC1. The highest BCUT2D eigenvalue weighted by Crippen LogP contribution is 2.39. The van der Waals surface area contributed by atoms with Gasteiger partial charge in [0.2, 0.25) is 0 Å². The smallest absolute Gasteiger partial charge is 0.0876 e. The van der Waals surface area contributed by atoms with Crippen LogP contribution in [-0.4, -0.2) is 10.7 Å². The van der Waals surface area contributed by atoms with E-state index in [-0.39, 0.29) is 5.41 Å². The van der Waals surface area contributed by atoms with Gasteiger partial charge in [0, 0.05) is 0 Å². The Balaban J connectivity index is 2.81. The lowest BCUT2D eigenvalue weighted by atomic mass is 9.70. The second-order valence-corrected chi connectivity index (χ2v) is 5.05. The largest absolute Gasteiger partial charge is 0.385 e. The van der Waals surface area contributed by atoms with Crippen molar-refractivity contribution in [1.29, 1.82) is 0 Å². The highest BCUT2D eigenvalue weighted by Gasteiger charge is 2.38. The minimum absolute atomic E-state index is 0.0381. The van der Waals surface area contributed by atoms with Crippen LogP contribution >= 0.6 is 0 Å². The third-order valence-electron chi connectivity index (χ3n) is 2.98. The minimum atomic E-state index is -0.584. The van der Waals surface area contributed by atoms with Gasteiger partial charge in [-0.05, 0) is 24.2 Å². The Morgan fingerprint density at radius 2 is 2.00 bits per heavy atom. The van der Waals surface area contributed by atoms with E-state index in [0.29, 0.717) is 5.92 Å². The zero-order valence-electron chi connectivity index (χ0n) is 8.59. The zero-order chi connectivity index (χ0) is 9.41. The molecule has 0 saturated carbocycles. The average Bonchev–Trinajstić information content (AvgIpc) is 1.93. The van der Waals surface area contributed by atoms with Gasteiger partial charge in [0.05, 0.1) is 5.60 Å². The average molecular weight is 168 g/mol. The first-order valence-electron chi connectivity index (χ1n) is 4.77. The van der Waals surface area contributed by atoms with Gasteiger partial charge in [0.15, 0.2) is 0 Å². The third kappa shape index (κ3) is 1.71. The molecule has 0 saturated heterocycles. The number of rotatable bonds is 0. The fourth-order valence-electron chi connectivity index (χ4n) is 1.58. The summed E-state index contributed by atoms with van der Waals surface area (Å²) in [5, 5.41) is 10.2. The molecule has 0 aromatic carbocycles. The van der Waals surface area contributed by atoms with Gasteiger partial charge in [-0.2, -0.15) is 0 Å². The summed E-state index contributed by atoms with van der Waals surface area (Å²) < 4.78 is 0. The molecule has 0 radical (unpaired) electrons. The second kappa shape index (κ2) is 2.88. The maximum atomic E-state index is 10.2. The molecule has 0 bridgehead atoms. The minimum Gasteiger partial charge on any atom is -0.385 e. The van der Waals surface area contributed by atoms with Gasteiger partial charge in [-0.15, -0.1) is 0 Å². The lowest BCUT2D eigenvalue weighted by molar-refractivity contribution is -0.0287. The molecule has 0 spiro atoms. The normalized spacial score (nSPS) is 36.9. The molecule has 0 aromatic heterocycles. The molecule has 1 aliphatic rings. The van der Waals surface area contributed by atoms with Crippen LogP contribution in [0, 0.1) is 11.3 Å². The predicted octanol–water partition coefficient (Wildman–Crippen LogP) is 2.75. The van der Waals surface area contributed by atoms with Crippen LogP contribution in [-0.2, 0) is 0 Å². The fraction of sp³-hybridized carbons (Fsp3) is 0.818. The second-order valence-electron chi connectivity index (χ2n) is 5.05. The Bertz CT molecular complexity index is 188. The fourth-order valence-corrected chi connectivity index (χ4v) is 1.58. The van der Waals surface area contributed by atoms with Crippen LogP contribution in [0.3, 0.4) is 0 Å². The topological polar surface area (TPSA) is 20.2 Å². The molecule has 2 atom stereocenters. The maximum Gasteiger partial charge on any atom is 0.0876 e. The van der Waals surface area contributed by atoms with E-state index >= 15 is 0 Å². The highest BCUT2D eigenvalue weighted by atomic mass is 16.3. The van der Waals surface area contributed by atoms with Crippen molar-refractivity contribution in [3.05, 3.63) is 12.2 Å². The van der Waals surface area contributed by atoms with Crippen LogP contribution in [0.15, 0.2) is 12.2 Å². The quantitative estimate of drug-likeness (QED) is 0.551. The van der Waals surface area contributed by atoms with E-state index in [4.69, 9.17) is 0 Å². The lowest BCUT2D eigenvalue weighted by Crippen LogP contribution is -2.42. The van der Waals surface area contributed by atoms with Crippen molar-refractivity contribution >= 4 is 0 Å². The molecule has 1 heteroatoms. The van der Waals surface area contributed by atoms with Crippen molar-refractivity contribution in [3.8, 4) is 0 Å². The Hall–Kier alpha value is -0.300. The molecule has 0 amide bonds. The van der Waals surface area contributed by atoms with E-state index in [2.05, 4.69) is 33.8 Å². The zero-order valence-corrected chi connectivity index (χ0v) is 8.59. The first kappa shape index (κ1) is 9.79. The molecule has 1 aliphatic carbocycles. The van der Waals surface area contributed by atoms with Crippen LogP contribution in [0.25, 0.3) is 0 Å². The van der Waals surface area contributed by atoms with Crippen LogP contribution in [0.1, 0.15) is 40.5 Å². The van der Waals surface area contributed by atoms with E-state index in [0.717, 1.165) is 12.8 Å². The Morgan fingerprint density at radius 3 is 2.33 bits per heavy atom. The van der Waals surface area contributed by atoms with Crippen LogP contribution in [0.2, 0.25) is 0 Å². The monoisotopic (exact) mass is 168 g/mol.